The van der Waals surface area contributed by atoms with Crippen molar-refractivity contribution < 1.29 is 14.3 Å². The van der Waals surface area contributed by atoms with E-state index in [9.17, 15) is 4.79 Å². The van der Waals surface area contributed by atoms with Gasteiger partial charge in [0.2, 0.25) is 0 Å². The van der Waals surface area contributed by atoms with Gasteiger partial charge in [0, 0.05) is 24.4 Å². The summed E-state index contributed by atoms with van der Waals surface area (Å²) in [5.41, 5.74) is 5.11. The van der Waals surface area contributed by atoms with Gasteiger partial charge in [0.25, 0.3) is 0 Å². The summed E-state index contributed by atoms with van der Waals surface area (Å²) in [5, 5.41) is 11.0. The molecule has 0 radical (unpaired) electrons. The topological polar surface area (TPSA) is 75.5 Å². The van der Waals surface area contributed by atoms with Crippen molar-refractivity contribution >= 4 is 17.4 Å². The van der Waals surface area contributed by atoms with Gasteiger partial charge in [-0.2, -0.15) is 5.26 Å². The third-order valence-electron chi connectivity index (χ3n) is 5.02. The van der Waals surface area contributed by atoms with Gasteiger partial charge in [-0.1, -0.05) is 24.3 Å². The molecule has 7 heteroatoms. The molecule has 0 saturated carbocycles. The van der Waals surface area contributed by atoms with Crippen molar-refractivity contribution in [1.29, 1.82) is 5.26 Å². The SMILES string of the molecule is N#Cc1cccc(-c2cccc(OCC3CCN(C(=O)OCc4cscn4)C3)c2)c1. The molecule has 1 fully saturated rings. The Hall–Kier alpha value is -3.37. The van der Waals surface area contributed by atoms with Crippen LogP contribution in [0.3, 0.4) is 0 Å². The number of carbonyl (C=O) groups excluding carboxylic acids is 1. The molecule has 30 heavy (non-hydrogen) atoms. The van der Waals surface area contributed by atoms with Crippen molar-refractivity contribution in [3.63, 3.8) is 0 Å². The quantitative estimate of drug-likeness (QED) is 0.578. The van der Waals surface area contributed by atoms with Crippen LogP contribution in [0.25, 0.3) is 11.1 Å². The molecule has 3 aromatic rings. The van der Waals surface area contributed by atoms with E-state index in [0.29, 0.717) is 25.3 Å². The zero-order valence-corrected chi connectivity index (χ0v) is 17.2. The van der Waals surface area contributed by atoms with Crippen LogP contribution in [0.1, 0.15) is 17.7 Å². The fourth-order valence-electron chi connectivity index (χ4n) is 3.42. The Morgan fingerprint density at radius 1 is 1.23 bits per heavy atom. The number of hydrogen-bond acceptors (Lipinski definition) is 6. The molecule has 1 amide bonds. The highest BCUT2D eigenvalue weighted by Crippen LogP contribution is 2.26. The van der Waals surface area contributed by atoms with Crippen LogP contribution in [0.15, 0.2) is 59.4 Å². The number of aromatic nitrogens is 1. The first-order chi connectivity index (χ1) is 14.7. The Bertz CT molecular complexity index is 1050. The first kappa shape index (κ1) is 19.9. The Balaban J connectivity index is 1.29. The number of amides is 1. The van der Waals surface area contributed by atoms with Crippen molar-refractivity contribution in [1.82, 2.24) is 9.88 Å². The molecule has 1 saturated heterocycles. The Morgan fingerprint density at radius 2 is 2.07 bits per heavy atom. The molecular weight excluding hydrogens is 398 g/mol. The van der Waals surface area contributed by atoms with Crippen molar-refractivity contribution in [3.05, 3.63) is 70.7 Å². The molecule has 1 unspecified atom stereocenters. The van der Waals surface area contributed by atoms with Gasteiger partial charge in [-0.05, 0) is 41.8 Å². The number of ether oxygens (including phenoxy) is 2. The Morgan fingerprint density at radius 3 is 2.87 bits per heavy atom. The number of nitriles is 1. The van der Waals surface area contributed by atoms with Gasteiger partial charge >= 0.3 is 6.09 Å². The summed E-state index contributed by atoms with van der Waals surface area (Å²) >= 11 is 1.48. The number of likely N-dealkylation sites (tertiary alicyclic amines) is 1. The Kier molecular flexibility index (Phi) is 6.26. The largest absolute Gasteiger partial charge is 0.493 e. The molecule has 1 aliphatic rings. The van der Waals surface area contributed by atoms with E-state index in [2.05, 4.69) is 11.1 Å². The average Bonchev–Trinajstić information content (AvgIpc) is 3.48. The minimum Gasteiger partial charge on any atom is -0.493 e. The Labute approximate surface area is 179 Å². The fraction of sp³-hybridized carbons (Fsp3) is 0.261. The number of hydrogen-bond donors (Lipinski definition) is 0. The number of thiazole rings is 1. The third kappa shape index (κ3) is 4.97. The molecule has 1 aromatic heterocycles. The van der Waals surface area contributed by atoms with Gasteiger partial charge in [0.1, 0.15) is 12.4 Å². The molecule has 4 rings (SSSR count). The molecule has 0 N–H and O–H groups in total. The second-order valence-electron chi connectivity index (χ2n) is 7.17. The van der Waals surface area contributed by atoms with Crippen molar-refractivity contribution in [2.24, 2.45) is 5.92 Å². The van der Waals surface area contributed by atoms with Gasteiger partial charge in [-0.15, -0.1) is 11.3 Å². The molecule has 2 aromatic carbocycles. The van der Waals surface area contributed by atoms with E-state index >= 15 is 0 Å². The van der Waals surface area contributed by atoms with Crippen LogP contribution in [0.4, 0.5) is 4.79 Å². The number of rotatable bonds is 6. The first-order valence-corrected chi connectivity index (χ1v) is 10.7. The number of carbonyl (C=O) groups is 1. The van der Waals surface area contributed by atoms with E-state index in [-0.39, 0.29) is 18.6 Å². The van der Waals surface area contributed by atoms with Gasteiger partial charge in [-0.25, -0.2) is 9.78 Å². The smallest absolute Gasteiger partial charge is 0.410 e. The molecule has 6 nitrogen and oxygen atoms in total. The normalized spacial score (nSPS) is 15.6. The summed E-state index contributed by atoms with van der Waals surface area (Å²) in [6.07, 6.45) is 0.584. The summed E-state index contributed by atoms with van der Waals surface area (Å²) in [7, 11) is 0. The van der Waals surface area contributed by atoms with Crippen molar-refractivity contribution in [2.45, 2.75) is 13.0 Å². The van der Waals surface area contributed by atoms with Gasteiger partial charge in [0.05, 0.1) is 29.4 Å². The maximum Gasteiger partial charge on any atom is 0.410 e. The van der Waals surface area contributed by atoms with E-state index < -0.39 is 0 Å². The highest BCUT2D eigenvalue weighted by atomic mass is 32.1. The van der Waals surface area contributed by atoms with Crippen LogP contribution in [0.5, 0.6) is 5.75 Å². The first-order valence-electron chi connectivity index (χ1n) is 9.73. The molecule has 1 atom stereocenters. The van der Waals surface area contributed by atoms with Crippen LogP contribution in [-0.2, 0) is 11.3 Å². The zero-order valence-electron chi connectivity index (χ0n) is 16.4. The second kappa shape index (κ2) is 9.42. The predicted molar refractivity (Wildman–Crippen MR) is 114 cm³/mol. The molecule has 2 heterocycles. The van der Waals surface area contributed by atoms with Crippen LogP contribution in [0.2, 0.25) is 0 Å². The summed E-state index contributed by atoms with van der Waals surface area (Å²) in [6, 6.07) is 17.5. The molecular formula is C23H21N3O3S. The minimum atomic E-state index is -0.301. The lowest BCUT2D eigenvalue weighted by Gasteiger charge is -2.16. The van der Waals surface area contributed by atoms with Gasteiger partial charge < -0.3 is 14.4 Å². The molecule has 0 aliphatic carbocycles. The lowest BCUT2D eigenvalue weighted by atomic mass is 10.0. The van der Waals surface area contributed by atoms with Crippen LogP contribution < -0.4 is 4.74 Å². The van der Waals surface area contributed by atoms with Crippen LogP contribution in [0, 0.1) is 17.2 Å². The van der Waals surface area contributed by atoms with Crippen molar-refractivity contribution in [3.8, 4) is 22.9 Å². The minimum absolute atomic E-state index is 0.208. The predicted octanol–water partition coefficient (Wildman–Crippen LogP) is 4.72. The monoisotopic (exact) mass is 419 g/mol. The zero-order chi connectivity index (χ0) is 20.8. The van der Waals surface area contributed by atoms with E-state index in [0.717, 1.165) is 29.0 Å². The van der Waals surface area contributed by atoms with E-state index in [1.165, 1.54) is 11.3 Å². The van der Waals surface area contributed by atoms with E-state index in [4.69, 9.17) is 14.7 Å². The summed E-state index contributed by atoms with van der Waals surface area (Å²) in [4.78, 5) is 18.1. The molecule has 1 aliphatic heterocycles. The van der Waals surface area contributed by atoms with Crippen molar-refractivity contribution in [2.75, 3.05) is 19.7 Å². The van der Waals surface area contributed by atoms with Crippen LogP contribution in [-0.4, -0.2) is 35.7 Å². The summed E-state index contributed by atoms with van der Waals surface area (Å²) in [5.74, 6) is 1.04. The molecule has 152 valence electrons. The van der Waals surface area contributed by atoms with E-state index in [1.807, 2.05) is 47.8 Å². The van der Waals surface area contributed by atoms with Gasteiger partial charge in [0.15, 0.2) is 0 Å². The standard InChI is InChI=1S/C23H21N3O3S/c24-11-17-3-1-4-19(9-17)20-5-2-6-22(10-20)28-13-18-7-8-26(12-18)23(27)29-14-21-15-30-16-25-21/h1-6,9-10,15-16,18H,7-8,12-14H2. The van der Waals surface area contributed by atoms with Gasteiger partial charge in [-0.3, -0.25) is 0 Å². The second-order valence-corrected chi connectivity index (χ2v) is 7.89. The maximum absolute atomic E-state index is 12.2. The highest BCUT2D eigenvalue weighted by molar-refractivity contribution is 7.07. The average molecular weight is 420 g/mol. The fourth-order valence-corrected chi connectivity index (χ4v) is 3.96. The van der Waals surface area contributed by atoms with E-state index in [1.54, 1.807) is 16.5 Å². The summed E-state index contributed by atoms with van der Waals surface area (Å²) < 4.78 is 11.3. The third-order valence-corrected chi connectivity index (χ3v) is 5.65. The van der Waals surface area contributed by atoms with Crippen LogP contribution >= 0.6 is 11.3 Å². The lowest BCUT2D eigenvalue weighted by Crippen LogP contribution is -2.30. The highest BCUT2D eigenvalue weighted by Gasteiger charge is 2.27. The lowest BCUT2D eigenvalue weighted by molar-refractivity contribution is 0.101. The number of nitrogens with zero attached hydrogens (tertiary/aromatic N) is 3. The summed E-state index contributed by atoms with van der Waals surface area (Å²) in [6.45, 7) is 2.04. The number of benzene rings is 2. The molecule has 0 bridgehead atoms. The maximum atomic E-state index is 12.2. The molecule has 0 spiro atoms.